The van der Waals surface area contributed by atoms with Crippen LogP contribution in [0.1, 0.15) is 76.2 Å². The summed E-state index contributed by atoms with van der Waals surface area (Å²) in [6, 6.07) is 3.89. The highest BCUT2D eigenvalue weighted by molar-refractivity contribution is 6.15. The Balaban J connectivity index is 1.43. The summed E-state index contributed by atoms with van der Waals surface area (Å²) in [5.74, 6) is 1.25. The molecule has 7 aliphatic rings. The second-order valence-corrected chi connectivity index (χ2v) is 13.3. The number of hydrogen-bond acceptors (Lipinski definition) is 5. The first-order chi connectivity index (χ1) is 16.3. The maximum Gasteiger partial charge on any atom is 0.243 e. The Morgan fingerprint density at radius 2 is 1.86 bits per heavy atom. The molecule has 6 aliphatic heterocycles. The first-order valence-corrected chi connectivity index (χ1v) is 13.1. The highest BCUT2D eigenvalue weighted by Gasteiger charge is 2.80. The first-order valence-electron chi connectivity index (χ1n) is 13.1. The molecule has 2 amide bonds. The zero-order chi connectivity index (χ0) is 24.9. The normalized spacial score (nSPS) is 42.0. The van der Waals surface area contributed by atoms with Gasteiger partial charge < -0.3 is 15.0 Å². The number of Topliss-reactive ketones (excluding diaryl/α,β-unsaturated/α-hetero) is 1. The number of hydrogen-bond donors (Lipinski definition) is 1. The minimum absolute atomic E-state index is 0.0124. The third-order valence-electron chi connectivity index (χ3n) is 11.2. The van der Waals surface area contributed by atoms with E-state index in [0.29, 0.717) is 29.3 Å². The summed E-state index contributed by atoms with van der Waals surface area (Å²) in [5.41, 5.74) is -0.575. The number of piperazine rings is 1. The number of piperidine rings is 2. The maximum atomic E-state index is 14.1. The standard InChI is InChI=1S/C28H35N3O4/c1-15-9-10-31-14-26-13-27(25(4,5)19(26)12-28(15,31)23(34)30(26)6)16-7-8-18-20(21(16)29-22(27)33)17(32)11-24(2,3)35-18/h7-8,15,19H,9-14H2,1-6H3,(H,29,33)/t15-,19-,26-,27-,28+/m0/s1. The van der Waals surface area contributed by atoms with Gasteiger partial charge in [-0.1, -0.05) is 26.8 Å². The monoisotopic (exact) mass is 477 g/mol. The van der Waals surface area contributed by atoms with Gasteiger partial charge >= 0.3 is 0 Å². The summed E-state index contributed by atoms with van der Waals surface area (Å²) >= 11 is 0. The van der Waals surface area contributed by atoms with Crippen molar-refractivity contribution in [1.82, 2.24) is 9.80 Å². The average Bonchev–Trinajstić information content (AvgIpc) is 3.32. The maximum absolute atomic E-state index is 14.1. The van der Waals surface area contributed by atoms with Crippen molar-refractivity contribution < 1.29 is 19.1 Å². The molecule has 2 bridgehead atoms. The first kappa shape index (κ1) is 21.8. The Kier molecular flexibility index (Phi) is 3.70. The van der Waals surface area contributed by atoms with E-state index in [4.69, 9.17) is 4.74 Å². The van der Waals surface area contributed by atoms with Gasteiger partial charge in [0, 0.05) is 13.6 Å². The minimum atomic E-state index is -0.807. The summed E-state index contributed by atoms with van der Waals surface area (Å²) < 4.78 is 6.16. The number of amides is 2. The number of benzene rings is 1. The molecule has 0 unspecified atom stereocenters. The number of ketones is 1. The van der Waals surface area contributed by atoms with Crippen LogP contribution in [0.4, 0.5) is 5.69 Å². The fourth-order valence-electron chi connectivity index (χ4n) is 9.46. The van der Waals surface area contributed by atoms with Crippen LogP contribution in [0.25, 0.3) is 0 Å². The van der Waals surface area contributed by atoms with E-state index < -0.39 is 27.5 Å². The van der Waals surface area contributed by atoms with E-state index in [9.17, 15) is 14.4 Å². The van der Waals surface area contributed by atoms with Crippen LogP contribution in [-0.2, 0) is 15.0 Å². The van der Waals surface area contributed by atoms with E-state index in [1.807, 2.05) is 37.9 Å². The molecule has 1 N–H and O–H groups in total. The van der Waals surface area contributed by atoms with Gasteiger partial charge in [-0.25, -0.2) is 0 Å². The van der Waals surface area contributed by atoms with Gasteiger partial charge in [0.15, 0.2) is 5.78 Å². The third kappa shape index (κ3) is 2.11. The highest BCUT2D eigenvalue weighted by Crippen LogP contribution is 2.72. The van der Waals surface area contributed by atoms with Gasteiger partial charge in [0.05, 0.1) is 28.6 Å². The molecule has 0 radical (unpaired) electrons. The molecule has 186 valence electrons. The van der Waals surface area contributed by atoms with Crippen molar-refractivity contribution in [2.75, 3.05) is 25.5 Å². The van der Waals surface area contributed by atoms with E-state index in [1.165, 1.54) is 0 Å². The molecule has 7 nitrogen and oxygen atoms in total. The molecular formula is C28H35N3O4. The van der Waals surface area contributed by atoms with Crippen molar-refractivity contribution in [1.29, 1.82) is 0 Å². The lowest BCUT2D eigenvalue weighted by Gasteiger charge is -2.65. The fourth-order valence-corrected chi connectivity index (χ4v) is 9.46. The molecule has 8 rings (SSSR count). The molecular weight excluding hydrogens is 442 g/mol. The van der Waals surface area contributed by atoms with Gasteiger partial charge in [0.25, 0.3) is 0 Å². The van der Waals surface area contributed by atoms with Crippen molar-refractivity contribution >= 4 is 23.3 Å². The molecule has 5 fully saturated rings. The van der Waals surface area contributed by atoms with E-state index >= 15 is 0 Å². The SMILES string of the molecule is C[C@H]1CCN2C[C@@]34C[C@]5(C(=O)Nc6c5ccc5c6C(=O)CC(C)(C)O5)C(C)(C)[C@@H]3C[C@]12C(=O)N4C. The number of ether oxygens (including phenoxy) is 1. The molecule has 7 heteroatoms. The average molecular weight is 478 g/mol. The number of nitrogens with one attached hydrogen (secondary N) is 1. The van der Waals surface area contributed by atoms with E-state index in [2.05, 4.69) is 31.0 Å². The molecule has 1 aromatic rings. The lowest BCUT2D eigenvalue weighted by atomic mass is 9.56. The number of fused-ring (bicyclic) bond motifs is 5. The lowest BCUT2D eigenvalue weighted by molar-refractivity contribution is -0.189. The topological polar surface area (TPSA) is 79.0 Å². The molecule has 0 aromatic heterocycles. The van der Waals surface area contributed by atoms with Crippen LogP contribution in [0.15, 0.2) is 12.1 Å². The summed E-state index contributed by atoms with van der Waals surface area (Å²) in [4.78, 5) is 45.8. The number of carbonyl (C=O) groups is 3. The van der Waals surface area contributed by atoms with Crippen LogP contribution in [0.3, 0.4) is 0 Å². The second-order valence-electron chi connectivity index (χ2n) is 13.3. The second kappa shape index (κ2) is 5.93. The van der Waals surface area contributed by atoms with Crippen LogP contribution < -0.4 is 10.1 Å². The Labute approximate surface area is 206 Å². The fraction of sp³-hybridized carbons (Fsp3) is 0.679. The van der Waals surface area contributed by atoms with Crippen molar-refractivity contribution in [3.8, 4) is 5.75 Å². The number of rotatable bonds is 0. The minimum Gasteiger partial charge on any atom is -0.487 e. The summed E-state index contributed by atoms with van der Waals surface area (Å²) in [6.45, 7) is 12.3. The van der Waals surface area contributed by atoms with E-state index in [0.717, 1.165) is 31.5 Å². The van der Waals surface area contributed by atoms with Gasteiger partial charge in [-0.3, -0.25) is 19.3 Å². The summed E-state index contributed by atoms with van der Waals surface area (Å²) in [7, 11) is 1.97. The largest absolute Gasteiger partial charge is 0.487 e. The number of carbonyl (C=O) groups excluding carboxylic acids is 3. The predicted octanol–water partition coefficient (Wildman–Crippen LogP) is 3.36. The van der Waals surface area contributed by atoms with Crippen molar-refractivity contribution in [3.63, 3.8) is 0 Å². The quantitative estimate of drug-likeness (QED) is 0.620. The van der Waals surface area contributed by atoms with Crippen LogP contribution in [0.2, 0.25) is 0 Å². The van der Waals surface area contributed by atoms with Crippen LogP contribution in [0.5, 0.6) is 5.75 Å². The van der Waals surface area contributed by atoms with Crippen LogP contribution >= 0.6 is 0 Å². The molecule has 4 saturated heterocycles. The highest BCUT2D eigenvalue weighted by atomic mass is 16.5. The van der Waals surface area contributed by atoms with Crippen LogP contribution in [0, 0.1) is 17.3 Å². The van der Waals surface area contributed by atoms with E-state index in [-0.39, 0.29) is 29.9 Å². The molecule has 1 saturated carbocycles. The number of likely N-dealkylation sites (N-methyl/N-ethyl adjacent to an activating group) is 1. The molecule has 6 heterocycles. The number of nitrogens with zero attached hydrogens (tertiary/aromatic N) is 2. The Bertz CT molecular complexity index is 1250. The molecule has 3 spiro atoms. The van der Waals surface area contributed by atoms with Gasteiger partial charge in [0.2, 0.25) is 11.8 Å². The van der Waals surface area contributed by atoms with Gasteiger partial charge in [0.1, 0.15) is 16.9 Å². The zero-order valence-corrected chi connectivity index (χ0v) is 21.6. The summed E-state index contributed by atoms with van der Waals surface area (Å²) in [6.07, 6.45) is 2.71. The molecule has 5 atom stereocenters. The molecule has 35 heavy (non-hydrogen) atoms. The predicted molar refractivity (Wildman–Crippen MR) is 130 cm³/mol. The zero-order valence-electron chi connectivity index (χ0n) is 21.6. The molecule has 1 aliphatic carbocycles. The Hall–Kier alpha value is -2.41. The van der Waals surface area contributed by atoms with Crippen molar-refractivity contribution in [2.45, 2.75) is 82.4 Å². The van der Waals surface area contributed by atoms with Crippen LogP contribution in [-0.4, -0.2) is 64.2 Å². The third-order valence-corrected chi connectivity index (χ3v) is 11.2. The Morgan fingerprint density at radius 3 is 2.60 bits per heavy atom. The van der Waals surface area contributed by atoms with Crippen molar-refractivity contribution in [3.05, 3.63) is 23.3 Å². The van der Waals surface area contributed by atoms with Crippen molar-refractivity contribution in [2.24, 2.45) is 17.3 Å². The van der Waals surface area contributed by atoms with Gasteiger partial charge in [-0.2, -0.15) is 0 Å². The number of anilines is 1. The lowest BCUT2D eigenvalue weighted by Crippen LogP contribution is -2.79. The summed E-state index contributed by atoms with van der Waals surface area (Å²) in [5, 5.41) is 3.16. The smallest absolute Gasteiger partial charge is 0.243 e. The molecule has 1 aromatic carbocycles. The van der Waals surface area contributed by atoms with Gasteiger partial charge in [-0.15, -0.1) is 0 Å². The Morgan fingerprint density at radius 1 is 1.11 bits per heavy atom. The van der Waals surface area contributed by atoms with Gasteiger partial charge in [-0.05, 0) is 68.5 Å². The van der Waals surface area contributed by atoms with E-state index in [1.54, 1.807) is 0 Å².